The summed E-state index contributed by atoms with van der Waals surface area (Å²) in [5, 5.41) is 12.3. The van der Waals surface area contributed by atoms with Gasteiger partial charge in [-0.3, -0.25) is 4.79 Å². The van der Waals surface area contributed by atoms with Gasteiger partial charge in [-0.2, -0.15) is 0 Å². The molecule has 1 saturated heterocycles. The number of aryl methyl sites for hydroxylation is 1. The van der Waals surface area contributed by atoms with Crippen LogP contribution in [0.15, 0.2) is 4.79 Å². The van der Waals surface area contributed by atoms with Crippen LogP contribution in [-0.2, 0) is 6.42 Å². The van der Waals surface area contributed by atoms with Gasteiger partial charge in [0.25, 0.3) is 5.56 Å². The number of H-pyrrole nitrogens is 1. The van der Waals surface area contributed by atoms with E-state index in [4.69, 9.17) is 5.11 Å². The molecule has 94 valence electrons. The third-order valence-corrected chi connectivity index (χ3v) is 3.24. The second-order valence-electron chi connectivity index (χ2n) is 4.49. The lowest BCUT2D eigenvalue weighted by Gasteiger charge is -2.23. The van der Waals surface area contributed by atoms with Crippen LogP contribution in [0, 0.1) is 6.92 Å². The molecular formula is C12H19N3O2. The maximum Gasteiger partial charge on any atom is 0.254 e. The summed E-state index contributed by atoms with van der Waals surface area (Å²) in [7, 11) is 0. The van der Waals surface area contributed by atoms with Crippen molar-refractivity contribution in [3.8, 4) is 0 Å². The summed E-state index contributed by atoms with van der Waals surface area (Å²) in [6.45, 7) is 2.78. The molecule has 17 heavy (non-hydrogen) atoms. The van der Waals surface area contributed by atoms with Gasteiger partial charge in [-0.05, 0) is 26.3 Å². The minimum absolute atomic E-state index is 0.0212. The molecule has 0 saturated carbocycles. The standard InChI is InChI=1S/C12H19N3O2/c1-8-9(5-7-16)12(17)15-11(14-8)10-4-2-3-6-13-10/h10,13,16H,2-7H2,1H3,(H,14,15,17). The van der Waals surface area contributed by atoms with Gasteiger partial charge in [-0.15, -0.1) is 0 Å². The zero-order valence-electron chi connectivity index (χ0n) is 10.1. The molecule has 1 aliphatic heterocycles. The van der Waals surface area contributed by atoms with Gasteiger partial charge in [0.2, 0.25) is 0 Å². The average Bonchev–Trinajstić information content (AvgIpc) is 2.35. The molecule has 2 rings (SSSR count). The fourth-order valence-corrected chi connectivity index (χ4v) is 2.29. The van der Waals surface area contributed by atoms with Crippen molar-refractivity contribution in [3.63, 3.8) is 0 Å². The van der Waals surface area contributed by atoms with Crippen molar-refractivity contribution in [1.29, 1.82) is 0 Å². The van der Waals surface area contributed by atoms with Crippen molar-refractivity contribution in [2.24, 2.45) is 0 Å². The molecule has 0 radical (unpaired) electrons. The van der Waals surface area contributed by atoms with E-state index < -0.39 is 0 Å². The molecule has 2 heterocycles. The second kappa shape index (κ2) is 5.42. The molecule has 5 heteroatoms. The predicted molar refractivity (Wildman–Crippen MR) is 65.0 cm³/mol. The van der Waals surface area contributed by atoms with E-state index in [0.29, 0.717) is 12.0 Å². The summed E-state index contributed by atoms with van der Waals surface area (Å²) in [5.74, 6) is 0.730. The molecular weight excluding hydrogens is 218 g/mol. The lowest BCUT2D eigenvalue weighted by Crippen LogP contribution is -2.31. The number of aliphatic hydroxyl groups excluding tert-OH is 1. The lowest BCUT2D eigenvalue weighted by atomic mass is 10.0. The average molecular weight is 237 g/mol. The minimum atomic E-state index is -0.117. The third kappa shape index (κ3) is 2.73. The molecule has 1 fully saturated rings. The second-order valence-corrected chi connectivity index (χ2v) is 4.49. The van der Waals surface area contributed by atoms with Gasteiger partial charge >= 0.3 is 0 Å². The largest absolute Gasteiger partial charge is 0.396 e. The molecule has 0 spiro atoms. The van der Waals surface area contributed by atoms with Crippen molar-refractivity contribution in [3.05, 3.63) is 27.4 Å². The highest BCUT2D eigenvalue weighted by atomic mass is 16.3. The van der Waals surface area contributed by atoms with Crippen LogP contribution in [-0.4, -0.2) is 28.2 Å². The van der Waals surface area contributed by atoms with Crippen LogP contribution in [0.3, 0.4) is 0 Å². The number of aromatic nitrogens is 2. The van der Waals surface area contributed by atoms with Gasteiger partial charge < -0.3 is 15.4 Å². The normalized spacial score (nSPS) is 20.5. The van der Waals surface area contributed by atoms with E-state index in [2.05, 4.69) is 15.3 Å². The van der Waals surface area contributed by atoms with E-state index in [1.807, 2.05) is 6.92 Å². The molecule has 1 aromatic rings. The quantitative estimate of drug-likeness (QED) is 0.712. The van der Waals surface area contributed by atoms with Crippen molar-refractivity contribution in [2.45, 2.75) is 38.6 Å². The van der Waals surface area contributed by atoms with Gasteiger partial charge in [0, 0.05) is 24.3 Å². The molecule has 1 aromatic heterocycles. The Hall–Kier alpha value is -1.20. The number of nitrogens with zero attached hydrogens (tertiary/aromatic N) is 1. The number of hydrogen-bond acceptors (Lipinski definition) is 4. The Bertz CT molecular complexity index is 436. The van der Waals surface area contributed by atoms with Crippen LogP contribution in [0.5, 0.6) is 0 Å². The Labute approximate surface area is 100 Å². The van der Waals surface area contributed by atoms with Gasteiger partial charge in [-0.1, -0.05) is 6.42 Å². The molecule has 0 bridgehead atoms. The molecule has 3 N–H and O–H groups in total. The summed E-state index contributed by atoms with van der Waals surface area (Å²) < 4.78 is 0. The number of hydrogen-bond donors (Lipinski definition) is 3. The fourth-order valence-electron chi connectivity index (χ4n) is 2.29. The molecule has 0 amide bonds. The maximum atomic E-state index is 11.9. The zero-order chi connectivity index (χ0) is 12.3. The number of rotatable bonds is 3. The highest BCUT2D eigenvalue weighted by Gasteiger charge is 2.18. The lowest BCUT2D eigenvalue weighted by molar-refractivity contribution is 0.298. The Morgan fingerprint density at radius 3 is 2.88 bits per heavy atom. The highest BCUT2D eigenvalue weighted by molar-refractivity contribution is 5.17. The summed E-state index contributed by atoms with van der Waals surface area (Å²) in [6.07, 6.45) is 3.73. The van der Waals surface area contributed by atoms with E-state index in [0.717, 1.165) is 24.5 Å². The first kappa shape index (κ1) is 12.3. The topological polar surface area (TPSA) is 78.0 Å². The third-order valence-electron chi connectivity index (χ3n) is 3.24. The van der Waals surface area contributed by atoms with Crippen molar-refractivity contribution in [1.82, 2.24) is 15.3 Å². The zero-order valence-corrected chi connectivity index (χ0v) is 10.1. The van der Waals surface area contributed by atoms with Crippen molar-refractivity contribution in [2.75, 3.05) is 13.2 Å². The Balaban J connectivity index is 2.27. The first-order chi connectivity index (χ1) is 8.22. The van der Waals surface area contributed by atoms with Crippen LogP contribution in [0.25, 0.3) is 0 Å². The van der Waals surface area contributed by atoms with E-state index in [1.165, 1.54) is 12.8 Å². The Kier molecular flexibility index (Phi) is 3.91. The molecule has 1 unspecified atom stereocenters. The number of nitrogens with one attached hydrogen (secondary N) is 2. The summed E-state index contributed by atoms with van der Waals surface area (Å²) >= 11 is 0. The van der Waals surface area contributed by atoms with Gasteiger partial charge in [0.1, 0.15) is 5.82 Å². The van der Waals surface area contributed by atoms with E-state index in [9.17, 15) is 4.79 Å². The van der Waals surface area contributed by atoms with Gasteiger partial charge in [0.15, 0.2) is 0 Å². The Morgan fingerprint density at radius 2 is 2.29 bits per heavy atom. The van der Waals surface area contributed by atoms with Crippen molar-refractivity contribution >= 4 is 0 Å². The molecule has 1 aliphatic rings. The molecule has 5 nitrogen and oxygen atoms in total. The smallest absolute Gasteiger partial charge is 0.254 e. The molecule has 0 aromatic carbocycles. The minimum Gasteiger partial charge on any atom is -0.396 e. The predicted octanol–water partition coefficient (Wildman–Crippen LogP) is 0.428. The number of piperidine rings is 1. The maximum absolute atomic E-state index is 11.9. The van der Waals surface area contributed by atoms with E-state index in [1.54, 1.807) is 0 Å². The molecule has 0 aliphatic carbocycles. The fraction of sp³-hybridized carbons (Fsp3) is 0.667. The van der Waals surface area contributed by atoms with Crippen LogP contribution in [0.1, 0.15) is 42.4 Å². The SMILES string of the molecule is Cc1nc(C2CCCCN2)[nH]c(=O)c1CCO. The first-order valence-corrected chi connectivity index (χ1v) is 6.16. The van der Waals surface area contributed by atoms with Gasteiger partial charge in [-0.25, -0.2) is 4.98 Å². The Morgan fingerprint density at radius 1 is 1.47 bits per heavy atom. The van der Waals surface area contributed by atoms with E-state index >= 15 is 0 Å². The van der Waals surface area contributed by atoms with Gasteiger partial charge in [0.05, 0.1) is 6.04 Å². The van der Waals surface area contributed by atoms with Crippen LogP contribution < -0.4 is 10.9 Å². The van der Waals surface area contributed by atoms with Crippen LogP contribution >= 0.6 is 0 Å². The summed E-state index contributed by atoms with van der Waals surface area (Å²) in [6, 6.07) is 0.165. The summed E-state index contributed by atoms with van der Waals surface area (Å²) in [4.78, 5) is 19.1. The number of aliphatic hydroxyl groups is 1. The summed E-state index contributed by atoms with van der Waals surface area (Å²) in [5.41, 5.74) is 1.20. The van der Waals surface area contributed by atoms with Crippen molar-refractivity contribution < 1.29 is 5.11 Å². The van der Waals surface area contributed by atoms with Crippen LogP contribution in [0.2, 0.25) is 0 Å². The highest BCUT2D eigenvalue weighted by Crippen LogP contribution is 2.19. The molecule has 1 atom stereocenters. The van der Waals surface area contributed by atoms with E-state index in [-0.39, 0.29) is 18.2 Å². The number of aromatic amines is 1. The monoisotopic (exact) mass is 237 g/mol. The first-order valence-electron chi connectivity index (χ1n) is 6.16. The van der Waals surface area contributed by atoms with Crippen LogP contribution in [0.4, 0.5) is 0 Å².